The van der Waals surface area contributed by atoms with E-state index < -0.39 is 6.79 Å². The SMILES string of the molecule is C.C.C.CO.CO.OCO. The maximum absolute atomic E-state index is 7.12. The molecule has 4 nitrogen and oxygen atoms in total. The lowest BCUT2D eigenvalue weighted by Crippen LogP contribution is -1.66. The maximum atomic E-state index is 7.12. The molecule has 0 aromatic rings. The van der Waals surface area contributed by atoms with Gasteiger partial charge < -0.3 is 20.4 Å². The fourth-order valence-electron chi connectivity index (χ4n) is 0. The summed E-state index contributed by atoms with van der Waals surface area (Å²) in [6, 6.07) is 0. The van der Waals surface area contributed by atoms with Crippen molar-refractivity contribution in [1.29, 1.82) is 0 Å². The molecule has 0 saturated carbocycles. The molecule has 4 heteroatoms. The third kappa shape index (κ3) is 14300. The van der Waals surface area contributed by atoms with Crippen LogP contribution < -0.4 is 0 Å². The van der Waals surface area contributed by atoms with Gasteiger partial charge in [-0.15, -0.1) is 0 Å². The van der Waals surface area contributed by atoms with Crippen LogP contribution >= 0.6 is 0 Å². The minimum atomic E-state index is -0.750. The van der Waals surface area contributed by atoms with Gasteiger partial charge in [0.05, 0.1) is 0 Å². The Bertz CT molecular complexity index is 9.71. The van der Waals surface area contributed by atoms with E-state index in [2.05, 4.69) is 0 Å². The second kappa shape index (κ2) is 770. The summed E-state index contributed by atoms with van der Waals surface area (Å²) in [6.07, 6.45) is 0. The highest BCUT2D eigenvalue weighted by molar-refractivity contribution is 3.50. The van der Waals surface area contributed by atoms with Crippen molar-refractivity contribution in [2.45, 2.75) is 22.3 Å². The van der Waals surface area contributed by atoms with Crippen LogP contribution in [0.1, 0.15) is 22.3 Å². The number of aliphatic hydroxyl groups excluding tert-OH is 3. The lowest BCUT2D eigenvalue weighted by Gasteiger charge is -1.55. The molecule has 0 aromatic carbocycles. The van der Waals surface area contributed by atoms with Crippen LogP contribution in [0.3, 0.4) is 0 Å². The van der Waals surface area contributed by atoms with E-state index in [0.29, 0.717) is 0 Å². The molecule has 0 aliphatic heterocycles. The Labute approximate surface area is 64.8 Å². The van der Waals surface area contributed by atoms with Crippen LogP contribution in [0.25, 0.3) is 0 Å². The fourth-order valence-corrected chi connectivity index (χ4v) is 0. The number of aliphatic hydroxyl groups is 4. The van der Waals surface area contributed by atoms with Crippen LogP contribution in [-0.2, 0) is 0 Å². The van der Waals surface area contributed by atoms with Crippen molar-refractivity contribution < 1.29 is 20.4 Å². The molecule has 0 aromatic heterocycles. The summed E-state index contributed by atoms with van der Waals surface area (Å²) in [7, 11) is 2.00. The first-order chi connectivity index (χ1) is 3.41. The second-order valence-electron chi connectivity index (χ2n) is 0.141. The zero-order valence-electron chi connectivity index (χ0n) is 4.50. The van der Waals surface area contributed by atoms with Crippen molar-refractivity contribution in [2.24, 2.45) is 0 Å². The average molecular weight is 160 g/mol. The molecule has 0 rings (SSSR count). The summed E-state index contributed by atoms with van der Waals surface area (Å²) in [6.45, 7) is -0.750. The Morgan fingerprint density at radius 3 is 0.700 bits per heavy atom. The Morgan fingerprint density at radius 1 is 0.700 bits per heavy atom. The lowest BCUT2D eigenvalue weighted by atomic mass is 11.6. The third-order valence-electron chi connectivity index (χ3n) is 0. The molecule has 72 valence electrons. The fraction of sp³-hybridized carbons (Fsp3) is 1.00. The molecule has 0 fully saturated rings. The number of rotatable bonds is 0. The third-order valence-corrected chi connectivity index (χ3v) is 0. The first-order valence-electron chi connectivity index (χ1n) is 1.53. The Balaban J connectivity index is -0.00000000536. The van der Waals surface area contributed by atoms with E-state index in [9.17, 15) is 0 Å². The van der Waals surface area contributed by atoms with Crippen LogP contribution in [0.4, 0.5) is 0 Å². The number of hydrogen-bond acceptors (Lipinski definition) is 4. The standard InChI is InChI=1S/CH4O2.2CH4O.3CH4/c2-1-3;2*1-2;;;/h2-3H,1H2;2*2H,1H3;3*1H4. The normalized spacial score (nSPS) is 3.00. The van der Waals surface area contributed by atoms with Crippen molar-refractivity contribution in [2.75, 3.05) is 21.0 Å². The molecule has 0 aliphatic carbocycles. The van der Waals surface area contributed by atoms with Gasteiger partial charge in [0.25, 0.3) is 0 Å². The minimum absolute atomic E-state index is 0. The molecule has 0 atom stereocenters. The van der Waals surface area contributed by atoms with E-state index >= 15 is 0 Å². The van der Waals surface area contributed by atoms with E-state index in [-0.39, 0.29) is 22.3 Å². The molecule has 0 radical (unpaired) electrons. The van der Waals surface area contributed by atoms with Gasteiger partial charge in [-0.2, -0.15) is 0 Å². The molecule has 0 unspecified atom stereocenters. The van der Waals surface area contributed by atoms with Crippen LogP contribution in [0.5, 0.6) is 0 Å². The van der Waals surface area contributed by atoms with Gasteiger partial charge in [-0.05, 0) is 0 Å². The molecule has 0 saturated heterocycles. The zero-order valence-corrected chi connectivity index (χ0v) is 4.50. The van der Waals surface area contributed by atoms with Crippen LogP contribution in [0.15, 0.2) is 0 Å². The van der Waals surface area contributed by atoms with Gasteiger partial charge in [-0.1, -0.05) is 22.3 Å². The largest absolute Gasteiger partial charge is 0.400 e. The highest BCUT2D eigenvalue weighted by Gasteiger charge is 1.32. The first-order valence-corrected chi connectivity index (χ1v) is 1.53. The van der Waals surface area contributed by atoms with E-state index in [1.54, 1.807) is 0 Å². The smallest absolute Gasteiger partial charge is 0.140 e. The Hall–Kier alpha value is -0.160. The first kappa shape index (κ1) is 52.1. The molecular formula is C6H24O4. The van der Waals surface area contributed by atoms with Gasteiger partial charge in [0.2, 0.25) is 0 Å². The predicted octanol–water partition coefficient (Wildman–Crippen LogP) is 0.0538. The molecular weight excluding hydrogens is 136 g/mol. The van der Waals surface area contributed by atoms with Crippen LogP contribution in [-0.4, -0.2) is 41.4 Å². The second-order valence-corrected chi connectivity index (χ2v) is 0.141. The van der Waals surface area contributed by atoms with Crippen molar-refractivity contribution in [1.82, 2.24) is 0 Å². The molecule has 0 aliphatic rings. The maximum Gasteiger partial charge on any atom is 0.140 e. The average Bonchev–Trinajstić information content (AvgIpc) is 1.78. The molecule has 0 bridgehead atoms. The predicted molar refractivity (Wildman–Crippen MR) is 45.8 cm³/mol. The van der Waals surface area contributed by atoms with Crippen molar-refractivity contribution >= 4 is 0 Å². The summed E-state index contributed by atoms with van der Waals surface area (Å²) in [4.78, 5) is 0. The quantitative estimate of drug-likeness (QED) is 0.378. The molecule has 4 N–H and O–H groups in total. The van der Waals surface area contributed by atoms with Gasteiger partial charge in [0, 0.05) is 14.2 Å². The van der Waals surface area contributed by atoms with Crippen molar-refractivity contribution in [3.8, 4) is 0 Å². The van der Waals surface area contributed by atoms with Crippen molar-refractivity contribution in [3.63, 3.8) is 0 Å². The summed E-state index contributed by atoms with van der Waals surface area (Å²) in [5, 5.41) is 28.2. The topological polar surface area (TPSA) is 80.9 Å². The lowest BCUT2D eigenvalue weighted by molar-refractivity contribution is 0.0773. The highest BCUT2D eigenvalue weighted by Crippen LogP contribution is 1.17. The molecule has 0 heterocycles. The Kier molecular flexibility index (Phi) is 4020. The molecule has 10 heavy (non-hydrogen) atoms. The van der Waals surface area contributed by atoms with Gasteiger partial charge in [0.1, 0.15) is 6.79 Å². The van der Waals surface area contributed by atoms with Gasteiger partial charge in [-0.3, -0.25) is 0 Å². The number of hydrogen-bond donors (Lipinski definition) is 4. The van der Waals surface area contributed by atoms with E-state index in [1.807, 2.05) is 0 Å². The van der Waals surface area contributed by atoms with E-state index in [1.165, 1.54) is 0 Å². The van der Waals surface area contributed by atoms with Gasteiger partial charge >= 0.3 is 0 Å². The van der Waals surface area contributed by atoms with Gasteiger partial charge in [0.15, 0.2) is 0 Å². The van der Waals surface area contributed by atoms with Gasteiger partial charge in [-0.25, -0.2) is 0 Å². The molecule has 0 amide bonds. The summed E-state index contributed by atoms with van der Waals surface area (Å²) < 4.78 is 0. The monoisotopic (exact) mass is 160 g/mol. The molecule has 0 spiro atoms. The Morgan fingerprint density at radius 2 is 0.700 bits per heavy atom. The summed E-state index contributed by atoms with van der Waals surface area (Å²) in [5.41, 5.74) is 0. The van der Waals surface area contributed by atoms with Crippen molar-refractivity contribution in [3.05, 3.63) is 0 Å². The minimum Gasteiger partial charge on any atom is -0.400 e. The summed E-state index contributed by atoms with van der Waals surface area (Å²) in [5.74, 6) is 0. The highest BCUT2D eigenvalue weighted by atomic mass is 16.5. The zero-order chi connectivity index (χ0) is 6.71. The van der Waals surface area contributed by atoms with Crippen LogP contribution in [0.2, 0.25) is 0 Å². The van der Waals surface area contributed by atoms with E-state index in [4.69, 9.17) is 20.4 Å². The summed E-state index contributed by atoms with van der Waals surface area (Å²) >= 11 is 0. The van der Waals surface area contributed by atoms with E-state index in [0.717, 1.165) is 14.2 Å². The van der Waals surface area contributed by atoms with Crippen LogP contribution in [0, 0.1) is 0 Å².